The summed E-state index contributed by atoms with van der Waals surface area (Å²) in [4.78, 5) is 24.4. The monoisotopic (exact) mass is 288 g/mol. The zero-order valence-corrected chi connectivity index (χ0v) is 12.1. The van der Waals surface area contributed by atoms with E-state index in [1.165, 1.54) is 11.0 Å². The maximum absolute atomic E-state index is 12.4. The molecule has 0 unspecified atom stereocenters. The Labute approximate surface area is 121 Å². The number of nitro groups is 1. The fourth-order valence-corrected chi connectivity index (χ4v) is 2.21. The number of aryl methyl sites for hydroxylation is 2. The van der Waals surface area contributed by atoms with Gasteiger partial charge < -0.3 is 4.90 Å². The predicted octanol–water partition coefficient (Wildman–Crippen LogP) is 2.21. The summed E-state index contributed by atoms with van der Waals surface area (Å²) in [6.07, 6.45) is 0. The molecule has 0 fully saturated rings. The van der Waals surface area contributed by atoms with Crippen LogP contribution in [-0.2, 0) is 6.54 Å². The van der Waals surface area contributed by atoms with Crippen molar-refractivity contribution in [1.82, 2.24) is 15.1 Å². The van der Waals surface area contributed by atoms with Gasteiger partial charge in [-0.05, 0) is 13.8 Å². The van der Waals surface area contributed by atoms with Gasteiger partial charge in [-0.1, -0.05) is 18.2 Å². The molecule has 0 bridgehead atoms. The SMILES string of the molecule is Cc1n[nH]c(C)c1C(=O)N(C)Cc1ccccc1[N+](=O)[O-]. The molecule has 110 valence electrons. The van der Waals surface area contributed by atoms with Crippen molar-refractivity contribution < 1.29 is 9.72 Å². The maximum Gasteiger partial charge on any atom is 0.274 e. The molecule has 1 amide bonds. The molecule has 0 aliphatic rings. The van der Waals surface area contributed by atoms with Gasteiger partial charge in [-0.15, -0.1) is 0 Å². The van der Waals surface area contributed by atoms with Crippen LogP contribution in [0.25, 0.3) is 0 Å². The Morgan fingerprint density at radius 1 is 1.38 bits per heavy atom. The second-order valence-electron chi connectivity index (χ2n) is 4.86. The van der Waals surface area contributed by atoms with Crippen LogP contribution in [0.1, 0.15) is 27.3 Å². The molecule has 1 N–H and O–H groups in total. The van der Waals surface area contributed by atoms with Gasteiger partial charge in [-0.25, -0.2) is 0 Å². The zero-order chi connectivity index (χ0) is 15.6. The molecular formula is C14H16N4O3. The largest absolute Gasteiger partial charge is 0.337 e. The molecule has 2 aromatic rings. The Hall–Kier alpha value is -2.70. The predicted molar refractivity (Wildman–Crippen MR) is 77.0 cm³/mol. The van der Waals surface area contributed by atoms with E-state index in [9.17, 15) is 14.9 Å². The molecular weight excluding hydrogens is 272 g/mol. The number of aromatic nitrogens is 2. The van der Waals surface area contributed by atoms with E-state index >= 15 is 0 Å². The molecule has 0 saturated carbocycles. The number of aromatic amines is 1. The Bertz CT molecular complexity index is 674. The average molecular weight is 288 g/mol. The highest BCUT2D eigenvalue weighted by Gasteiger charge is 2.21. The first kappa shape index (κ1) is 14.7. The second kappa shape index (κ2) is 5.74. The molecule has 0 aliphatic heterocycles. The smallest absolute Gasteiger partial charge is 0.274 e. The highest BCUT2D eigenvalue weighted by molar-refractivity contribution is 5.96. The fourth-order valence-electron chi connectivity index (χ4n) is 2.21. The van der Waals surface area contributed by atoms with Gasteiger partial charge in [0.1, 0.15) is 0 Å². The average Bonchev–Trinajstić information content (AvgIpc) is 2.77. The first-order valence-corrected chi connectivity index (χ1v) is 6.41. The van der Waals surface area contributed by atoms with Gasteiger partial charge in [0, 0.05) is 24.4 Å². The molecule has 0 aliphatic carbocycles. The summed E-state index contributed by atoms with van der Waals surface area (Å²) in [5.74, 6) is -0.211. The summed E-state index contributed by atoms with van der Waals surface area (Å²) in [7, 11) is 1.62. The van der Waals surface area contributed by atoms with Crippen molar-refractivity contribution in [3.05, 3.63) is 56.9 Å². The van der Waals surface area contributed by atoms with Crippen LogP contribution >= 0.6 is 0 Å². The molecule has 7 nitrogen and oxygen atoms in total. The van der Waals surface area contributed by atoms with Crippen LogP contribution in [0.15, 0.2) is 24.3 Å². The lowest BCUT2D eigenvalue weighted by Gasteiger charge is -2.17. The number of amides is 1. The normalized spacial score (nSPS) is 10.4. The number of benzene rings is 1. The van der Waals surface area contributed by atoms with Crippen molar-refractivity contribution in [2.24, 2.45) is 0 Å². The summed E-state index contributed by atoms with van der Waals surface area (Å²) in [6.45, 7) is 3.68. The van der Waals surface area contributed by atoms with E-state index < -0.39 is 4.92 Å². The lowest BCUT2D eigenvalue weighted by Crippen LogP contribution is -2.27. The van der Waals surface area contributed by atoms with Crippen LogP contribution < -0.4 is 0 Å². The number of rotatable bonds is 4. The van der Waals surface area contributed by atoms with E-state index in [1.807, 2.05) is 0 Å². The molecule has 2 rings (SSSR count). The minimum absolute atomic E-state index is 0.0118. The fraction of sp³-hybridized carbons (Fsp3) is 0.286. The Morgan fingerprint density at radius 2 is 2.05 bits per heavy atom. The third kappa shape index (κ3) is 2.91. The number of para-hydroxylation sites is 1. The maximum atomic E-state index is 12.4. The van der Waals surface area contributed by atoms with E-state index in [-0.39, 0.29) is 18.1 Å². The van der Waals surface area contributed by atoms with Crippen molar-refractivity contribution in [3.63, 3.8) is 0 Å². The van der Waals surface area contributed by atoms with Gasteiger partial charge in [0.25, 0.3) is 11.6 Å². The van der Waals surface area contributed by atoms with Crippen LogP contribution in [0.2, 0.25) is 0 Å². The molecule has 0 spiro atoms. The molecule has 21 heavy (non-hydrogen) atoms. The molecule has 1 heterocycles. The molecule has 0 radical (unpaired) electrons. The topological polar surface area (TPSA) is 92.1 Å². The Kier molecular flexibility index (Phi) is 4.02. The number of hydrogen-bond acceptors (Lipinski definition) is 4. The summed E-state index contributed by atoms with van der Waals surface area (Å²) in [5.41, 5.74) is 2.32. The minimum atomic E-state index is -0.442. The van der Waals surface area contributed by atoms with Crippen molar-refractivity contribution >= 4 is 11.6 Å². The van der Waals surface area contributed by atoms with Crippen molar-refractivity contribution in [2.75, 3.05) is 7.05 Å². The molecule has 0 saturated heterocycles. The number of nitro benzene ring substituents is 1. The van der Waals surface area contributed by atoms with E-state index in [1.54, 1.807) is 39.1 Å². The quantitative estimate of drug-likeness (QED) is 0.689. The number of nitrogens with one attached hydrogen (secondary N) is 1. The highest BCUT2D eigenvalue weighted by Crippen LogP contribution is 2.20. The standard InChI is InChI=1S/C14H16N4O3/c1-9-13(10(2)16-15-9)14(19)17(3)8-11-6-4-5-7-12(11)18(20)21/h4-7H,8H2,1-3H3,(H,15,16). The van der Waals surface area contributed by atoms with Gasteiger partial charge in [0.2, 0.25) is 0 Å². The molecule has 7 heteroatoms. The Balaban J connectivity index is 2.25. The lowest BCUT2D eigenvalue weighted by atomic mass is 10.1. The summed E-state index contributed by atoms with van der Waals surface area (Å²) in [6, 6.07) is 6.40. The first-order chi connectivity index (χ1) is 9.91. The van der Waals surface area contributed by atoms with Gasteiger partial charge in [0.15, 0.2) is 0 Å². The van der Waals surface area contributed by atoms with Crippen LogP contribution in [-0.4, -0.2) is 33.0 Å². The van der Waals surface area contributed by atoms with Crippen LogP contribution in [0, 0.1) is 24.0 Å². The van der Waals surface area contributed by atoms with Gasteiger partial charge in [0.05, 0.1) is 22.7 Å². The van der Waals surface area contributed by atoms with Gasteiger partial charge >= 0.3 is 0 Å². The number of nitrogens with zero attached hydrogens (tertiary/aromatic N) is 3. The summed E-state index contributed by atoms with van der Waals surface area (Å²) < 4.78 is 0. The number of carbonyl (C=O) groups is 1. The van der Waals surface area contributed by atoms with E-state index in [2.05, 4.69) is 10.2 Å². The third-order valence-corrected chi connectivity index (χ3v) is 3.28. The molecule has 1 aromatic carbocycles. The van der Waals surface area contributed by atoms with E-state index in [4.69, 9.17) is 0 Å². The summed E-state index contributed by atoms with van der Waals surface area (Å²) >= 11 is 0. The van der Waals surface area contributed by atoms with Crippen molar-refractivity contribution in [3.8, 4) is 0 Å². The van der Waals surface area contributed by atoms with Crippen LogP contribution in [0.4, 0.5) is 5.69 Å². The first-order valence-electron chi connectivity index (χ1n) is 6.41. The molecule has 1 aromatic heterocycles. The number of H-pyrrole nitrogens is 1. The highest BCUT2D eigenvalue weighted by atomic mass is 16.6. The lowest BCUT2D eigenvalue weighted by molar-refractivity contribution is -0.385. The molecule has 0 atom stereocenters. The summed E-state index contributed by atoms with van der Waals surface area (Å²) in [5, 5.41) is 17.7. The number of carbonyl (C=O) groups excluding carboxylic acids is 1. The zero-order valence-electron chi connectivity index (χ0n) is 12.1. The Morgan fingerprint density at radius 3 is 2.62 bits per heavy atom. The van der Waals surface area contributed by atoms with Crippen LogP contribution in [0.5, 0.6) is 0 Å². The second-order valence-corrected chi connectivity index (χ2v) is 4.86. The van der Waals surface area contributed by atoms with Crippen LogP contribution in [0.3, 0.4) is 0 Å². The van der Waals surface area contributed by atoms with E-state index in [0.717, 1.165) is 0 Å². The number of hydrogen-bond donors (Lipinski definition) is 1. The van der Waals surface area contributed by atoms with Crippen molar-refractivity contribution in [2.45, 2.75) is 20.4 Å². The van der Waals surface area contributed by atoms with Gasteiger partial charge in [-0.3, -0.25) is 20.0 Å². The van der Waals surface area contributed by atoms with Gasteiger partial charge in [-0.2, -0.15) is 5.10 Å². The third-order valence-electron chi connectivity index (χ3n) is 3.28. The van der Waals surface area contributed by atoms with Crippen molar-refractivity contribution in [1.29, 1.82) is 0 Å². The van der Waals surface area contributed by atoms with E-state index in [0.29, 0.717) is 22.5 Å². The minimum Gasteiger partial charge on any atom is -0.337 e.